The average Bonchev–Trinajstić information content (AvgIpc) is 2.40. The van der Waals surface area contributed by atoms with Crippen molar-refractivity contribution < 1.29 is 14.6 Å². The first-order valence-electron chi connectivity index (χ1n) is 6.23. The summed E-state index contributed by atoms with van der Waals surface area (Å²) >= 11 is 0. The van der Waals surface area contributed by atoms with Crippen LogP contribution in [0.3, 0.4) is 0 Å². The van der Waals surface area contributed by atoms with Gasteiger partial charge < -0.3 is 14.6 Å². The highest BCUT2D eigenvalue weighted by Gasteiger charge is 2.26. The molecule has 4 nitrogen and oxygen atoms in total. The van der Waals surface area contributed by atoms with Crippen molar-refractivity contribution in [2.45, 2.75) is 31.5 Å². The highest BCUT2D eigenvalue weighted by atomic mass is 16.5. The van der Waals surface area contributed by atoms with E-state index in [1.807, 2.05) is 29.2 Å². The third-order valence-corrected chi connectivity index (χ3v) is 3.41. The number of β-amino-alcohol motifs (C(OH)–C–C–N with tert-alkyl or cyclic N) is 1. The maximum atomic E-state index is 11.0. The summed E-state index contributed by atoms with van der Waals surface area (Å²) in [6, 6.07) is 7.72. The molecule has 0 aromatic heterocycles. The number of benzene rings is 1. The summed E-state index contributed by atoms with van der Waals surface area (Å²) < 4.78 is 5.11. The Morgan fingerprint density at radius 1 is 1.39 bits per heavy atom. The van der Waals surface area contributed by atoms with Gasteiger partial charge in [-0.3, -0.25) is 4.90 Å². The molecule has 2 rings (SSSR count). The van der Waals surface area contributed by atoms with E-state index in [1.165, 1.54) is 0 Å². The molecule has 1 fully saturated rings. The Morgan fingerprint density at radius 2 is 2.11 bits per heavy atom. The summed E-state index contributed by atoms with van der Waals surface area (Å²) in [6.07, 6.45) is 2.11. The first-order chi connectivity index (χ1) is 8.72. The number of aldehydes is 1. The lowest BCUT2D eigenvalue weighted by atomic mass is 10.0. The van der Waals surface area contributed by atoms with Crippen LogP contribution in [0, 0.1) is 0 Å². The molecule has 98 valence electrons. The Balaban J connectivity index is 2.03. The lowest BCUT2D eigenvalue weighted by molar-refractivity contribution is -0.115. The number of piperidine rings is 1. The molecule has 0 radical (unpaired) electrons. The molecule has 1 aliphatic heterocycles. The SMILES string of the molecule is COc1ccc(CN2C[C@H](O)CCC2C=O)cc1. The number of methoxy groups -OCH3 is 1. The third-order valence-electron chi connectivity index (χ3n) is 3.41. The van der Waals surface area contributed by atoms with Crippen LogP contribution in [0.4, 0.5) is 0 Å². The van der Waals surface area contributed by atoms with E-state index in [-0.39, 0.29) is 12.1 Å². The average molecular weight is 249 g/mol. The van der Waals surface area contributed by atoms with E-state index in [4.69, 9.17) is 4.74 Å². The van der Waals surface area contributed by atoms with Crippen LogP contribution >= 0.6 is 0 Å². The molecule has 4 heteroatoms. The van der Waals surface area contributed by atoms with Crippen LogP contribution < -0.4 is 4.74 Å². The van der Waals surface area contributed by atoms with Crippen LogP contribution in [-0.4, -0.2) is 42.1 Å². The fourth-order valence-corrected chi connectivity index (χ4v) is 2.34. The number of hydrogen-bond acceptors (Lipinski definition) is 4. The van der Waals surface area contributed by atoms with E-state index in [0.29, 0.717) is 19.5 Å². The lowest BCUT2D eigenvalue weighted by Crippen LogP contribution is -2.45. The minimum Gasteiger partial charge on any atom is -0.497 e. The molecule has 1 heterocycles. The number of aliphatic hydroxyl groups is 1. The van der Waals surface area contributed by atoms with Gasteiger partial charge in [-0.2, -0.15) is 0 Å². The molecule has 1 aromatic rings. The molecule has 1 unspecified atom stereocenters. The van der Waals surface area contributed by atoms with Gasteiger partial charge in [-0.25, -0.2) is 0 Å². The molecule has 2 atom stereocenters. The lowest BCUT2D eigenvalue weighted by Gasteiger charge is -2.35. The van der Waals surface area contributed by atoms with E-state index in [1.54, 1.807) is 7.11 Å². The van der Waals surface area contributed by atoms with Crippen molar-refractivity contribution in [3.63, 3.8) is 0 Å². The van der Waals surface area contributed by atoms with Crippen molar-refractivity contribution in [3.8, 4) is 5.75 Å². The Morgan fingerprint density at radius 3 is 2.72 bits per heavy atom. The Hall–Kier alpha value is -1.39. The number of carbonyl (C=O) groups excluding carboxylic acids is 1. The molecule has 0 saturated carbocycles. The van der Waals surface area contributed by atoms with E-state index >= 15 is 0 Å². The molecule has 1 saturated heterocycles. The van der Waals surface area contributed by atoms with Crippen LogP contribution in [0.15, 0.2) is 24.3 Å². The standard InChI is InChI=1S/C14H19NO3/c1-18-14-6-2-11(3-7-14)8-15-9-13(17)5-4-12(15)10-16/h2-3,6-7,10,12-13,17H,4-5,8-9H2,1H3/t12?,13-/m1/s1. The number of carbonyl (C=O) groups is 1. The van der Waals surface area contributed by atoms with Gasteiger partial charge >= 0.3 is 0 Å². The van der Waals surface area contributed by atoms with Crippen LogP contribution in [0.2, 0.25) is 0 Å². The van der Waals surface area contributed by atoms with E-state index in [9.17, 15) is 9.90 Å². The van der Waals surface area contributed by atoms with Gasteiger partial charge in [0.2, 0.25) is 0 Å². The van der Waals surface area contributed by atoms with E-state index in [0.717, 1.165) is 24.0 Å². The van der Waals surface area contributed by atoms with E-state index in [2.05, 4.69) is 0 Å². The molecule has 18 heavy (non-hydrogen) atoms. The van der Waals surface area contributed by atoms with Crippen LogP contribution in [0.1, 0.15) is 18.4 Å². The van der Waals surface area contributed by atoms with Crippen molar-refractivity contribution in [2.75, 3.05) is 13.7 Å². The van der Waals surface area contributed by atoms with Crippen molar-refractivity contribution in [1.82, 2.24) is 4.90 Å². The number of likely N-dealkylation sites (tertiary alicyclic amines) is 1. The number of nitrogens with zero attached hydrogens (tertiary/aromatic N) is 1. The molecule has 1 N–H and O–H groups in total. The Labute approximate surface area is 107 Å². The Kier molecular flexibility index (Phi) is 4.33. The minimum absolute atomic E-state index is 0.0736. The molecular formula is C14H19NO3. The van der Waals surface area contributed by atoms with Gasteiger partial charge in [0.05, 0.1) is 19.3 Å². The van der Waals surface area contributed by atoms with Crippen molar-refractivity contribution in [1.29, 1.82) is 0 Å². The summed E-state index contributed by atoms with van der Waals surface area (Å²) in [7, 11) is 1.64. The summed E-state index contributed by atoms with van der Waals surface area (Å²) in [4.78, 5) is 13.1. The number of hydrogen-bond donors (Lipinski definition) is 1. The highest BCUT2D eigenvalue weighted by molar-refractivity contribution is 5.57. The number of aliphatic hydroxyl groups excluding tert-OH is 1. The zero-order chi connectivity index (χ0) is 13.0. The fraction of sp³-hybridized carbons (Fsp3) is 0.500. The summed E-state index contributed by atoms with van der Waals surface area (Å²) in [6.45, 7) is 1.25. The van der Waals surface area contributed by atoms with Gasteiger partial charge in [0.25, 0.3) is 0 Å². The molecule has 1 aliphatic rings. The topological polar surface area (TPSA) is 49.8 Å². The molecule has 0 spiro atoms. The zero-order valence-electron chi connectivity index (χ0n) is 10.6. The number of rotatable bonds is 4. The van der Waals surface area contributed by atoms with Crippen LogP contribution in [0.5, 0.6) is 5.75 Å². The fourth-order valence-electron chi connectivity index (χ4n) is 2.34. The maximum Gasteiger partial charge on any atom is 0.137 e. The predicted octanol–water partition coefficient (Wildman–Crippen LogP) is 1.22. The maximum absolute atomic E-state index is 11.0. The summed E-state index contributed by atoms with van der Waals surface area (Å²) in [5, 5.41) is 9.68. The van der Waals surface area contributed by atoms with Gasteiger partial charge in [0, 0.05) is 13.1 Å². The third kappa shape index (κ3) is 3.09. The highest BCUT2D eigenvalue weighted by Crippen LogP contribution is 2.20. The normalized spacial score (nSPS) is 24.8. The predicted molar refractivity (Wildman–Crippen MR) is 68.5 cm³/mol. The Bertz CT molecular complexity index is 391. The quantitative estimate of drug-likeness (QED) is 0.815. The van der Waals surface area contributed by atoms with Crippen molar-refractivity contribution in [3.05, 3.63) is 29.8 Å². The molecule has 0 bridgehead atoms. The number of ether oxygens (including phenoxy) is 1. The summed E-state index contributed by atoms with van der Waals surface area (Å²) in [5.41, 5.74) is 1.12. The smallest absolute Gasteiger partial charge is 0.137 e. The van der Waals surface area contributed by atoms with Gasteiger partial charge in [0.15, 0.2) is 0 Å². The van der Waals surface area contributed by atoms with Gasteiger partial charge in [-0.15, -0.1) is 0 Å². The minimum atomic E-state index is -0.320. The van der Waals surface area contributed by atoms with Gasteiger partial charge in [-0.1, -0.05) is 12.1 Å². The molecule has 0 aliphatic carbocycles. The zero-order valence-corrected chi connectivity index (χ0v) is 10.6. The van der Waals surface area contributed by atoms with Gasteiger partial charge in [0.1, 0.15) is 12.0 Å². The van der Waals surface area contributed by atoms with E-state index < -0.39 is 0 Å². The second-order valence-electron chi connectivity index (χ2n) is 4.71. The second-order valence-corrected chi connectivity index (χ2v) is 4.71. The monoisotopic (exact) mass is 249 g/mol. The molecular weight excluding hydrogens is 230 g/mol. The largest absolute Gasteiger partial charge is 0.497 e. The van der Waals surface area contributed by atoms with Crippen LogP contribution in [0.25, 0.3) is 0 Å². The molecule has 1 aromatic carbocycles. The van der Waals surface area contributed by atoms with Crippen LogP contribution in [-0.2, 0) is 11.3 Å². The van der Waals surface area contributed by atoms with Crippen molar-refractivity contribution in [2.24, 2.45) is 0 Å². The van der Waals surface area contributed by atoms with Gasteiger partial charge in [-0.05, 0) is 30.5 Å². The first-order valence-corrected chi connectivity index (χ1v) is 6.23. The first kappa shape index (κ1) is 13.1. The molecule has 0 amide bonds. The summed E-state index contributed by atoms with van der Waals surface area (Å²) in [5.74, 6) is 0.823. The second kappa shape index (κ2) is 5.98. The van der Waals surface area contributed by atoms with Crippen molar-refractivity contribution >= 4 is 6.29 Å².